The van der Waals surface area contributed by atoms with Gasteiger partial charge >= 0.3 is 0 Å². The first-order chi connectivity index (χ1) is 16.0. The molecule has 0 saturated heterocycles. The van der Waals surface area contributed by atoms with Crippen molar-refractivity contribution in [3.05, 3.63) is 90.0 Å². The second-order valence-corrected chi connectivity index (χ2v) is 13.0. The molecule has 3 aliphatic carbocycles. The van der Waals surface area contributed by atoms with Crippen LogP contribution in [0.3, 0.4) is 0 Å². The third-order valence-corrected chi connectivity index (χ3v) is 9.28. The van der Waals surface area contributed by atoms with E-state index in [0.717, 1.165) is 25.5 Å². The van der Waals surface area contributed by atoms with Crippen LogP contribution in [0.25, 0.3) is 0 Å². The maximum Gasteiger partial charge on any atom is 0.261 e. The highest BCUT2D eigenvalue weighted by Gasteiger charge is 2.68. The van der Waals surface area contributed by atoms with Crippen LogP contribution in [-0.2, 0) is 25.3 Å². The minimum atomic E-state index is -4.03. The van der Waals surface area contributed by atoms with E-state index in [1.54, 1.807) is 18.2 Å². The molecule has 34 heavy (non-hydrogen) atoms. The standard InChI is InChI=1S/C25H24N2O5S2/c1-33(29,30)19-11-13-20(14-12-19)34(31,32)27-22-10-6-5-9-21(22)23(28)26-25-15-24(16-25,17-25)18-7-3-2-4-8-18/h2-14,27H,15-17H2,1H3,(H,26,28). The zero-order chi connectivity index (χ0) is 24.2. The molecule has 6 rings (SSSR count). The van der Waals surface area contributed by atoms with Gasteiger partial charge in [-0.05, 0) is 61.2 Å². The monoisotopic (exact) mass is 496 g/mol. The minimum absolute atomic E-state index is 0.0260. The number of anilines is 1. The van der Waals surface area contributed by atoms with E-state index in [1.807, 2.05) is 18.2 Å². The van der Waals surface area contributed by atoms with E-state index in [4.69, 9.17) is 0 Å². The highest BCUT2D eigenvalue weighted by atomic mass is 32.2. The van der Waals surface area contributed by atoms with Crippen molar-refractivity contribution in [2.45, 2.75) is 40.0 Å². The summed E-state index contributed by atoms with van der Waals surface area (Å²) < 4.78 is 51.6. The van der Waals surface area contributed by atoms with Crippen LogP contribution in [-0.4, -0.2) is 34.5 Å². The van der Waals surface area contributed by atoms with Gasteiger partial charge in [0.05, 0.1) is 21.0 Å². The summed E-state index contributed by atoms with van der Waals surface area (Å²) >= 11 is 0. The Kier molecular flexibility index (Phi) is 5.11. The van der Waals surface area contributed by atoms with Crippen molar-refractivity contribution in [2.75, 3.05) is 11.0 Å². The summed E-state index contributed by atoms with van der Waals surface area (Å²) in [5.74, 6) is -0.327. The largest absolute Gasteiger partial charge is 0.346 e. The second-order valence-electron chi connectivity index (χ2n) is 9.31. The van der Waals surface area contributed by atoms with Gasteiger partial charge in [-0.3, -0.25) is 9.52 Å². The zero-order valence-electron chi connectivity index (χ0n) is 18.5. The predicted octanol–water partition coefficient (Wildman–Crippen LogP) is 3.50. The Morgan fingerprint density at radius 1 is 0.765 bits per heavy atom. The van der Waals surface area contributed by atoms with Crippen molar-refractivity contribution in [1.82, 2.24) is 5.32 Å². The molecule has 3 aromatic rings. The summed E-state index contributed by atoms with van der Waals surface area (Å²) in [6.07, 6.45) is 3.67. The zero-order valence-corrected chi connectivity index (χ0v) is 20.1. The number of amides is 1. The molecule has 3 saturated carbocycles. The molecule has 0 spiro atoms. The molecule has 7 nitrogen and oxygen atoms in total. The van der Waals surface area contributed by atoms with Crippen LogP contribution in [0.15, 0.2) is 88.7 Å². The molecule has 2 N–H and O–H groups in total. The van der Waals surface area contributed by atoms with Crippen molar-refractivity contribution < 1.29 is 21.6 Å². The Morgan fingerprint density at radius 3 is 1.94 bits per heavy atom. The Bertz CT molecular complexity index is 1460. The molecule has 0 aromatic heterocycles. The smallest absolute Gasteiger partial charge is 0.261 e. The second kappa shape index (κ2) is 7.68. The van der Waals surface area contributed by atoms with Gasteiger partial charge in [-0.25, -0.2) is 16.8 Å². The summed E-state index contributed by atoms with van der Waals surface area (Å²) in [5.41, 5.74) is 1.57. The molecule has 0 radical (unpaired) electrons. The van der Waals surface area contributed by atoms with Gasteiger partial charge in [-0.2, -0.15) is 0 Å². The fourth-order valence-corrected chi connectivity index (χ4v) is 6.88. The molecule has 9 heteroatoms. The Hall–Kier alpha value is -3.17. The average molecular weight is 497 g/mol. The van der Waals surface area contributed by atoms with E-state index < -0.39 is 19.9 Å². The lowest BCUT2D eigenvalue weighted by Gasteiger charge is -2.71. The summed E-state index contributed by atoms with van der Waals surface area (Å²) in [6, 6.07) is 21.7. The van der Waals surface area contributed by atoms with Gasteiger partial charge in [0, 0.05) is 17.2 Å². The van der Waals surface area contributed by atoms with Gasteiger partial charge in [0.25, 0.3) is 15.9 Å². The van der Waals surface area contributed by atoms with E-state index in [1.165, 1.54) is 35.9 Å². The molecule has 0 aliphatic heterocycles. The van der Waals surface area contributed by atoms with Crippen LogP contribution < -0.4 is 10.0 Å². The van der Waals surface area contributed by atoms with Crippen molar-refractivity contribution >= 4 is 31.5 Å². The van der Waals surface area contributed by atoms with Crippen LogP contribution >= 0.6 is 0 Å². The van der Waals surface area contributed by atoms with Crippen molar-refractivity contribution in [2.24, 2.45) is 0 Å². The number of carbonyl (C=O) groups is 1. The van der Waals surface area contributed by atoms with Crippen LogP contribution in [0, 0.1) is 0 Å². The lowest BCUT2D eigenvalue weighted by Crippen LogP contribution is -2.76. The van der Waals surface area contributed by atoms with Crippen LogP contribution in [0.1, 0.15) is 35.2 Å². The molecular formula is C25H24N2O5S2. The Labute approximate surface area is 199 Å². The van der Waals surface area contributed by atoms with E-state index in [9.17, 15) is 21.6 Å². The quantitative estimate of drug-likeness (QED) is 0.520. The first-order valence-corrected chi connectivity index (χ1v) is 14.2. The average Bonchev–Trinajstić information content (AvgIpc) is 2.75. The molecule has 3 aliphatic rings. The highest BCUT2D eigenvalue weighted by Crippen LogP contribution is 2.67. The van der Waals surface area contributed by atoms with E-state index in [2.05, 4.69) is 22.2 Å². The molecule has 0 atom stereocenters. The Balaban J connectivity index is 1.31. The number of rotatable bonds is 7. The molecule has 0 heterocycles. The molecular weight excluding hydrogens is 472 g/mol. The van der Waals surface area contributed by atoms with Gasteiger partial charge in [0.1, 0.15) is 0 Å². The summed E-state index contributed by atoms with van der Waals surface area (Å²) in [4.78, 5) is 13.0. The van der Waals surface area contributed by atoms with Gasteiger partial charge in [-0.15, -0.1) is 0 Å². The van der Waals surface area contributed by atoms with Crippen LogP contribution in [0.2, 0.25) is 0 Å². The van der Waals surface area contributed by atoms with E-state index >= 15 is 0 Å². The number of sulfone groups is 1. The summed E-state index contributed by atoms with van der Waals surface area (Å²) in [5, 5.41) is 3.12. The molecule has 1 amide bonds. The maximum atomic E-state index is 13.1. The van der Waals surface area contributed by atoms with Crippen LogP contribution in [0.4, 0.5) is 5.69 Å². The molecule has 3 aromatic carbocycles. The third kappa shape index (κ3) is 3.88. The van der Waals surface area contributed by atoms with Gasteiger partial charge in [0.2, 0.25) is 0 Å². The molecule has 0 unspecified atom stereocenters. The lowest BCUT2D eigenvalue weighted by atomic mass is 9.37. The normalized spacial score (nSPS) is 23.3. The minimum Gasteiger partial charge on any atom is -0.346 e. The first kappa shape index (κ1) is 22.6. The van der Waals surface area contributed by atoms with Gasteiger partial charge < -0.3 is 5.32 Å². The third-order valence-electron chi connectivity index (χ3n) is 6.77. The van der Waals surface area contributed by atoms with E-state index in [-0.39, 0.29) is 37.9 Å². The number of nitrogens with one attached hydrogen (secondary N) is 2. The van der Waals surface area contributed by atoms with Gasteiger partial charge in [-0.1, -0.05) is 42.5 Å². The topological polar surface area (TPSA) is 109 Å². The molecule has 3 fully saturated rings. The van der Waals surface area contributed by atoms with Gasteiger partial charge in [0.15, 0.2) is 9.84 Å². The Morgan fingerprint density at radius 2 is 1.32 bits per heavy atom. The number of benzene rings is 3. The van der Waals surface area contributed by atoms with Crippen molar-refractivity contribution in [1.29, 1.82) is 0 Å². The number of carbonyl (C=O) groups excluding carboxylic acids is 1. The number of sulfonamides is 1. The van der Waals surface area contributed by atoms with Crippen molar-refractivity contribution in [3.8, 4) is 0 Å². The fraction of sp³-hybridized carbons (Fsp3) is 0.240. The first-order valence-electron chi connectivity index (χ1n) is 10.8. The van der Waals surface area contributed by atoms with E-state index in [0.29, 0.717) is 0 Å². The summed E-state index contributed by atoms with van der Waals surface area (Å²) in [7, 11) is -7.47. The SMILES string of the molecule is CS(=O)(=O)c1ccc(S(=O)(=O)Nc2ccccc2C(=O)NC23CC(c4ccccc4)(C2)C3)cc1. The number of para-hydroxylation sites is 1. The predicted molar refractivity (Wildman–Crippen MR) is 129 cm³/mol. The fourth-order valence-electron chi connectivity index (χ4n) is 5.17. The van der Waals surface area contributed by atoms with Crippen LogP contribution in [0.5, 0.6) is 0 Å². The summed E-state index contributed by atoms with van der Waals surface area (Å²) in [6.45, 7) is 0. The molecule has 2 bridgehead atoms. The van der Waals surface area contributed by atoms with Crippen molar-refractivity contribution in [3.63, 3.8) is 0 Å². The number of hydrogen-bond donors (Lipinski definition) is 2. The highest BCUT2D eigenvalue weighted by molar-refractivity contribution is 7.92. The molecule has 176 valence electrons. The number of hydrogen-bond acceptors (Lipinski definition) is 5. The lowest BCUT2D eigenvalue weighted by molar-refractivity contribution is -0.0807. The maximum absolute atomic E-state index is 13.1.